The molecular weight excluding hydrogens is 154 g/mol. The van der Waals surface area contributed by atoms with Crippen LogP contribution in [0.5, 0.6) is 0 Å². The van der Waals surface area contributed by atoms with Crippen molar-refractivity contribution >= 4 is 6.29 Å². The molecule has 68 valence electrons. The molecule has 1 saturated heterocycles. The molecule has 0 aliphatic carbocycles. The first kappa shape index (κ1) is 9.26. The van der Waals surface area contributed by atoms with E-state index in [1.165, 1.54) is 6.08 Å². The Bertz CT molecular complexity index is 160. The molecule has 1 aliphatic rings. The van der Waals surface area contributed by atoms with Gasteiger partial charge in [-0.15, -0.1) is 0 Å². The van der Waals surface area contributed by atoms with Crippen molar-refractivity contribution in [3.8, 4) is 0 Å². The number of ether oxygens (including phenoxy) is 1. The number of aldehydes is 1. The molecule has 1 fully saturated rings. The van der Waals surface area contributed by atoms with Gasteiger partial charge in [-0.25, -0.2) is 0 Å². The Kier molecular flexibility index (Phi) is 3.80. The highest BCUT2D eigenvalue weighted by atomic mass is 16.5. The minimum absolute atomic E-state index is 0.408. The molecule has 0 spiro atoms. The van der Waals surface area contributed by atoms with Gasteiger partial charge in [0.2, 0.25) is 0 Å². The van der Waals surface area contributed by atoms with Crippen molar-refractivity contribution in [2.24, 2.45) is 0 Å². The van der Waals surface area contributed by atoms with Gasteiger partial charge in [0.15, 0.2) is 0 Å². The second kappa shape index (κ2) is 4.93. The predicted molar refractivity (Wildman–Crippen MR) is 46.8 cm³/mol. The van der Waals surface area contributed by atoms with Crippen molar-refractivity contribution in [3.05, 3.63) is 12.3 Å². The Morgan fingerprint density at radius 3 is 2.58 bits per heavy atom. The van der Waals surface area contributed by atoms with Crippen LogP contribution >= 0.6 is 0 Å². The third-order valence-corrected chi connectivity index (χ3v) is 2.19. The summed E-state index contributed by atoms with van der Waals surface area (Å²) >= 11 is 0. The van der Waals surface area contributed by atoms with Crippen molar-refractivity contribution < 1.29 is 9.53 Å². The average Bonchev–Trinajstić information content (AvgIpc) is 2.15. The number of hydrogen-bond donors (Lipinski definition) is 0. The second-order valence-electron chi connectivity index (χ2n) is 2.95. The number of likely N-dealkylation sites (tertiary alicyclic amines) is 1. The van der Waals surface area contributed by atoms with Crippen LogP contribution in [-0.4, -0.2) is 37.5 Å². The number of rotatable bonds is 3. The van der Waals surface area contributed by atoms with E-state index in [2.05, 4.69) is 4.90 Å². The summed E-state index contributed by atoms with van der Waals surface area (Å²) in [7, 11) is 1.75. The summed E-state index contributed by atoms with van der Waals surface area (Å²) in [5.74, 6) is 0. The van der Waals surface area contributed by atoms with Crippen LogP contribution in [0.4, 0.5) is 0 Å². The van der Waals surface area contributed by atoms with E-state index in [9.17, 15) is 4.79 Å². The van der Waals surface area contributed by atoms with Crippen molar-refractivity contribution in [1.29, 1.82) is 0 Å². The van der Waals surface area contributed by atoms with Gasteiger partial charge in [0, 0.05) is 26.4 Å². The number of carbonyl (C=O) groups excluding carboxylic acids is 1. The zero-order chi connectivity index (χ0) is 8.81. The summed E-state index contributed by atoms with van der Waals surface area (Å²) in [6, 6.07) is 0. The monoisotopic (exact) mass is 169 g/mol. The van der Waals surface area contributed by atoms with Crippen LogP contribution < -0.4 is 0 Å². The first-order chi connectivity index (χ1) is 5.86. The van der Waals surface area contributed by atoms with E-state index in [4.69, 9.17) is 4.74 Å². The molecule has 1 rings (SSSR count). The summed E-state index contributed by atoms with van der Waals surface area (Å²) in [4.78, 5) is 12.2. The number of nitrogens with zero attached hydrogens (tertiary/aromatic N) is 1. The molecule has 0 saturated carbocycles. The van der Waals surface area contributed by atoms with Crippen LogP contribution in [-0.2, 0) is 9.53 Å². The summed E-state index contributed by atoms with van der Waals surface area (Å²) in [5.41, 5.74) is 0. The third kappa shape index (κ3) is 2.66. The van der Waals surface area contributed by atoms with E-state index in [0.29, 0.717) is 6.10 Å². The first-order valence-electron chi connectivity index (χ1n) is 4.25. The smallest absolute Gasteiger partial charge is 0.144 e. The summed E-state index contributed by atoms with van der Waals surface area (Å²) in [6.45, 7) is 1.98. The number of hydrogen-bond acceptors (Lipinski definition) is 3. The van der Waals surface area contributed by atoms with Gasteiger partial charge in [-0.3, -0.25) is 4.79 Å². The van der Waals surface area contributed by atoms with Gasteiger partial charge in [0.05, 0.1) is 6.10 Å². The number of carbonyl (C=O) groups is 1. The molecule has 0 bridgehead atoms. The van der Waals surface area contributed by atoms with Crippen molar-refractivity contribution in [2.45, 2.75) is 18.9 Å². The highest BCUT2D eigenvalue weighted by Gasteiger charge is 2.15. The fourth-order valence-corrected chi connectivity index (χ4v) is 1.42. The fourth-order valence-electron chi connectivity index (χ4n) is 1.42. The highest BCUT2D eigenvalue weighted by molar-refractivity contribution is 5.64. The molecule has 0 aromatic heterocycles. The molecule has 0 aromatic carbocycles. The number of methoxy groups -OCH3 is 1. The van der Waals surface area contributed by atoms with Crippen LogP contribution in [0.3, 0.4) is 0 Å². The van der Waals surface area contributed by atoms with E-state index in [-0.39, 0.29) is 0 Å². The maximum absolute atomic E-state index is 10.0. The molecule has 0 radical (unpaired) electrons. The molecule has 0 atom stereocenters. The molecule has 0 N–H and O–H groups in total. The van der Waals surface area contributed by atoms with Gasteiger partial charge < -0.3 is 9.64 Å². The standard InChI is InChI=1S/C9H15NO2/c1-12-9-3-6-10(7-4-9)5-2-8-11/h2,5,8-9H,3-4,6-7H2,1H3. The molecule has 12 heavy (non-hydrogen) atoms. The number of piperidine rings is 1. The lowest BCUT2D eigenvalue weighted by Gasteiger charge is -2.29. The lowest BCUT2D eigenvalue weighted by Crippen LogP contribution is -2.33. The molecule has 1 heterocycles. The summed E-state index contributed by atoms with van der Waals surface area (Å²) in [6.07, 6.45) is 6.71. The minimum Gasteiger partial charge on any atom is -0.381 e. The van der Waals surface area contributed by atoms with Crippen LogP contribution in [0.1, 0.15) is 12.8 Å². The van der Waals surface area contributed by atoms with Gasteiger partial charge in [-0.05, 0) is 18.9 Å². The molecule has 1 aliphatic heterocycles. The van der Waals surface area contributed by atoms with Gasteiger partial charge in [-0.1, -0.05) is 0 Å². The van der Waals surface area contributed by atoms with Crippen molar-refractivity contribution in [1.82, 2.24) is 4.90 Å². The van der Waals surface area contributed by atoms with E-state index in [0.717, 1.165) is 32.2 Å². The van der Waals surface area contributed by atoms with Gasteiger partial charge in [-0.2, -0.15) is 0 Å². The van der Waals surface area contributed by atoms with Crippen molar-refractivity contribution in [3.63, 3.8) is 0 Å². The lowest BCUT2D eigenvalue weighted by atomic mass is 10.1. The van der Waals surface area contributed by atoms with Gasteiger partial charge in [0.1, 0.15) is 6.29 Å². The number of allylic oxidation sites excluding steroid dienone is 1. The van der Waals surface area contributed by atoms with Crippen LogP contribution in [0.15, 0.2) is 12.3 Å². The van der Waals surface area contributed by atoms with Crippen LogP contribution in [0.25, 0.3) is 0 Å². The average molecular weight is 169 g/mol. The summed E-state index contributed by atoms with van der Waals surface area (Å²) < 4.78 is 5.22. The van der Waals surface area contributed by atoms with Crippen molar-refractivity contribution in [2.75, 3.05) is 20.2 Å². The molecule has 3 heteroatoms. The fraction of sp³-hybridized carbons (Fsp3) is 0.667. The zero-order valence-corrected chi connectivity index (χ0v) is 7.40. The molecule has 0 aromatic rings. The molecule has 0 amide bonds. The van der Waals surface area contributed by atoms with Crippen LogP contribution in [0, 0.1) is 0 Å². The summed E-state index contributed by atoms with van der Waals surface area (Å²) in [5, 5.41) is 0. The Morgan fingerprint density at radius 2 is 2.08 bits per heavy atom. The lowest BCUT2D eigenvalue weighted by molar-refractivity contribution is -0.104. The van der Waals surface area contributed by atoms with Crippen LogP contribution in [0.2, 0.25) is 0 Å². The largest absolute Gasteiger partial charge is 0.381 e. The Morgan fingerprint density at radius 1 is 1.42 bits per heavy atom. The first-order valence-corrected chi connectivity index (χ1v) is 4.25. The minimum atomic E-state index is 0.408. The topological polar surface area (TPSA) is 29.5 Å². The SMILES string of the molecule is COC1CCN(C=CC=O)CC1. The highest BCUT2D eigenvalue weighted by Crippen LogP contribution is 2.12. The van der Waals surface area contributed by atoms with E-state index in [1.54, 1.807) is 7.11 Å². The van der Waals surface area contributed by atoms with E-state index >= 15 is 0 Å². The maximum atomic E-state index is 10.0. The Hall–Kier alpha value is -0.830. The van der Waals surface area contributed by atoms with E-state index in [1.807, 2.05) is 6.20 Å². The van der Waals surface area contributed by atoms with Gasteiger partial charge in [0.25, 0.3) is 0 Å². The quantitative estimate of drug-likeness (QED) is 0.462. The third-order valence-electron chi connectivity index (χ3n) is 2.19. The van der Waals surface area contributed by atoms with E-state index < -0.39 is 0 Å². The zero-order valence-electron chi connectivity index (χ0n) is 7.40. The second-order valence-corrected chi connectivity index (χ2v) is 2.95. The predicted octanol–water partition coefficient (Wildman–Crippen LogP) is 0.810. The Balaban J connectivity index is 2.25. The molecule has 3 nitrogen and oxygen atoms in total. The van der Waals surface area contributed by atoms with Gasteiger partial charge >= 0.3 is 0 Å². The Labute approximate surface area is 73.0 Å². The maximum Gasteiger partial charge on any atom is 0.144 e. The molecule has 0 unspecified atom stereocenters. The molecular formula is C9H15NO2. The normalized spacial score (nSPS) is 20.2.